The van der Waals surface area contributed by atoms with Crippen LogP contribution in [0.25, 0.3) is 32.7 Å². The molecule has 5 aromatic rings. The number of ether oxygens (including phenoxy) is 2. The van der Waals surface area contributed by atoms with Gasteiger partial charge in [-0.25, -0.2) is 5.48 Å². The number of hydrogen-bond acceptors (Lipinski definition) is 7. The van der Waals surface area contributed by atoms with Crippen molar-refractivity contribution in [1.29, 1.82) is 0 Å². The highest BCUT2D eigenvalue weighted by atomic mass is 16.5. The third-order valence-corrected chi connectivity index (χ3v) is 7.59. The van der Waals surface area contributed by atoms with Gasteiger partial charge in [0.05, 0.1) is 0 Å². The summed E-state index contributed by atoms with van der Waals surface area (Å²) in [6.07, 6.45) is 2.45. The molecule has 240 valence electrons. The molecule has 0 aromatic heterocycles. The number of benzene rings is 5. The monoisotopic (exact) mass is 632 g/mol. The number of rotatable bonds is 14. The Hall–Kier alpha value is -5.71. The number of nitrogens with two attached hydrogens (primary N) is 1. The lowest BCUT2D eigenvalue weighted by atomic mass is 9.92. The van der Waals surface area contributed by atoms with Crippen LogP contribution in [-0.2, 0) is 9.59 Å². The number of amides is 3. The van der Waals surface area contributed by atoms with Gasteiger partial charge in [0, 0.05) is 22.4 Å². The van der Waals surface area contributed by atoms with Crippen LogP contribution < -0.4 is 31.3 Å². The van der Waals surface area contributed by atoms with Crippen molar-refractivity contribution in [2.75, 3.05) is 25.1 Å². The zero-order valence-corrected chi connectivity index (χ0v) is 25.7. The lowest BCUT2D eigenvalue weighted by molar-refractivity contribution is -0.128. The summed E-state index contributed by atoms with van der Waals surface area (Å²) in [4.78, 5) is 38.3. The number of nitrogens with one attached hydrogen (secondary N) is 3. The van der Waals surface area contributed by atoms with Crippen molar-refractivity contribution >= 4 is 45.0 Å². The van der Waals surface area contributed by atoms with Gasteiger partial charge in [-0.15, -0.1) is 0 Å². The van der Waals surface area contributed by atoms with Crippen molar-refractivity contribution in [2.24, 2.45) is 5.73 Å². The molecule has 6 N–H and O–H groups in total. The second-order valence-corrected chi connectivity index (χ2v) is 10.8. The Morgan fingerprint density at radius 2 is 1.47 bits per heavy atom. The summed E-state index contributed by atoms with van der Waals surface area (Å²) >= 11 is 0. The van der Waals surface area contributed by atoms with Crippen molar-refractivity contribution < 1.29 is 29.1 Å². The maximum absolute atomic E-state index is 13.3. The molecule has 10 heteroatoms. The molecule has 0 spiro atoms. The fraction of sp³-hybridized carbons (Fsp3) is 0.162. The first-order valence-corrected chi connectivity index (χ1v) is 15.2. The van der Waals surface area contributed by atoms with Gasteiger partial charge in [0.15, 0.2) is 6.61 Å². The minimum Gasteiger partial charge on any atom is -0.489 e. The molecule has 5 aromatic carbocycles. The Morgan fingerprint density at radius 1 is 0.830 bits per heavy atom. The Kier molecular flexibility index (Phi) is 10.8. The third-order valence-electron chi connectivity index (χ3n) is 7.59. The summed E-state index contributed by atoms with van der Waals surface area (Å²) in [7, 11) is 0. The molecule has 0 saturated heterocycles. The van der Waals surface area contributed by atoms with Crippen molar-refractivity contribution in [3.05, 3.63) is 115 Å². The zero-order chi connectivity index (χ0) is 33.2. The van der Waals surface area contributed by atoms with E-state index < -0.39 is 23.8 Å². The van der Waals surface area contributed by atoms with E-state index in [2.05, 4.69) is 17.2 Å². The fourth-order valence-corrected chi connectivity index (χ4v) is 5.41. The molecule has 0 aliphatic carbocycles. The van der Waals surface area contributed by atoms with Gasteiger partial charge < -0.3 is 25.8 Å². The second kappa shape index (κ2) is 15.5. The molecule has 47 heavy (non-hydrogen) atoms. The van der Waals surface area contributed by atoms with Crippen LogP contribution in [-0.4, -0.2) is 48.7 Å². The molecule has 0 aliphatic rings. The first kappa shape index (κ1) is 32.7. The lowest BCUT2D eigenvalue weighted by Crippen LogP contribution is -2.45. The molecule has 0 saturated carbocycles. The predicted octanol–water partition coefficient (Wildman–Crippen LogP) is 5.59. The van der Waals surface area contributed by atoms with Crippen LogP contribution in [0.2, 0.25) is 0 Å². The van der Waals surface area contributed by atoms with E-state index in [9.17, 15) is 14.4 Å². The maximum Gasteiger partial charge on any atom is 0.274 e. The summed E-state index contributed by atoms with van der Waals surface area (Å²) in [5, 5.41) is 18.3. The number of hydrogen-bond donors (Lipinski definition) is 5. The summed E-state index contributed by atoms with van der Waals surface area (Å²) in [5.41, 5.74) is 9.35. The Bertz CT molecular complexity index is 1920. The molecular weight excluding hydrogens is 596 g/mol. The summed E-state index contributed by atoms with van der Waals surface area (Å²) in [6, 6.07) is 28.7. The van der Waals surface area contributed by atoms with Crippen LogP contribution in [0.4, 0.5) is 5.69 Å². The molecule has 0 bridgehead atoms. The molecule has 1 atom stereocenters. The molecule has 3 amide bonds. The molecule has 0 heterocycles. The van der Waals surface area contributed by atoms with Crippen LogP contribution in [0.1, 0.15) is 23.2 Å². The van der Waals surface area contributed by atoms with Gasteiger partial charge in [0.1, 0.15) is 24.1 Å². The van der Waals surface area contributed by atoms with Gasteiger partial charge in [-0.3, -0.25) is 19.6 Å². The average Bonchev–Trinajstić information content (AvgIpc) is 3.10. The molecule has 0 fully saturated rings. The van der Waals surface area contributed by atoms with E-state index in [-0.39, 0.29) is 18.6 Å². The quantitative estimate of drug-likeness (QED) is 0.0609. The Labute approximate surface area is 272 Å². The van der Waals surface area contributed by atoms with Gasteiger partial charge in [-0.1, -0.05) is 79.4 Å². The van der Waals surface area contributed by atoms with Crippen molar-refractivity contribution in [1.82, 2.24) is 10.8 Å². The van der Waals surface area contributed by atoms with Crippen LogP contribution >= 0.6 is 0 Å². The molecule has 10 nitrogen and oxygen atoms in total. The van der Waals surface area contributed by atoms with Gasteiger partial charge >= 0.3 is 0 Å². The van der Waals surface area contributed by atoms with Gasteiger partial charge in [0.25, 0.3) is 11.8 Å². The first-order valence-electron chi connectivity index (χ1n) is 15.2. The highest BCUT2D eigenvalue weighted by molar-refractivity contribution is 6.10. The lowest BCUT2D eigenvalue weighted by Gasteiger charge is -2.21. The minimum absolute atomic E-state index is 0.150. The van der Waals surface area contributed by atoms with E-state index >= 15 is 0 Å². The number of hydroxylamine groups is 1. The Morgan fingerprint density at radius 3 is 2.09 bits per heavy atom. The molecule has 0 radical (unpaired) electrons. The molecule has 0 aliphatic heterocycles. The van der Waals surface area contributed by atoms with Gasteiger partial charge in [-0.05, 0) is 71.3 Å². The summed E-state index contributed by atoms with van der Waals surface area (Å²) in [5.74, 6) is -0.591. The third kappa shape index (κ3) is 7.75. The van der Waals surface area contributed by atoms with Crippen molar-refractivity contribution in [3.8, 4) is 22.6 Å². The fourth-order valence-electron chi connectivity index (χ4n) is 5.41. The van der Waals surface area contributed by atoms with E-state index in [0.717, 1.165) is 32.7 Å². The normalized spacial score (nSPS) is 11.4. The zero-order valence-electron chi connectivity index (χ0n) is 25.7. The number of carbonyl (C=O) groups excluding carboxylic acids is 3. The van der Waals surface area contributed by atoms with Gasteiger partial charge in [0.2, 0.25) is 5.91 Å². The van der Waals surface area contributed by atoms with Crippen LogP contribution in [0, 0.1) is 0 Å². The Balaban J connectivity index is 1.42. The smallest absolute Gasteiger partial charge is 0.274 e. The second-order valence-electron chi connectivity index (χ2n) is 10.8. The topological polar surface area (TPSA) is 152 Å². The van der Waals surface area contributed by atoms with Crippen LogP contribution in [0.15, 0.2) is 110 Å². The van der Waals surface area contributed by atoms with E-state index in [1.54, 1.807) is 23.7 Å². The minimum atomic E-state index is -0.918. The van der Waals surface area contributed by atoms with Crippen molar-refractivity contribution in [2.45, 2.75) is 18.9 Å². The number of anilines is 1. The molecular formula is C37H36N4O6. The highest BCUT2D eigenvalue weighted by Crippen LogP contribution is 2.45. The summed E-state index contributed by atoms with van der Waals surface area (Å²) in [6.45, 7) is 4.06. The molecule has 0 unspecified atom stereocenters. The SMILES string of the molecule is C=CCOc1ccc2ccccc2c1-c1c(OCC(=O)N[C@H](CCCN)C(=O)Nc2cccc(C(=O)NO)c2)ccc2ccccc12. The number of carbonyl (C=O) groups is 3. The summed E-state index contributed by atoms with van der Waals surface area (Å²) < 4.78 is 12.3. The van der Waals surface area contributed by atoms with E-state index in [1.165, 1.54) is 12.1 Å². The first-order chi connectivity index (χ1) is 22.9. The van der Waals surface area contributed by atoms with E-state index in [1.807, 2.05) is 72.8 Å². The maximum atomic E-state index is 13.3. The largest absolute Gasteiger partial charge is 0.489 e. The van der Waals surface area contributed by atoms with Gasteiger partial charge in [-0.2, -0.15) is 0 Å². The highest BCUT2D eigenvalue weighted by Gasteiger charge is 2.23. The van der Waals surface area contributed by atoms with Crippen LogP contribution in [0.5, 0.6) is 11.5 Å². The average molecular weight is 633 g/mol. The van der Waals surface area contributed by atoms with Crippen molar-refractivity contribution in [3.63, 3.8) is 0 Å². The standard InChI is InChI=1S/C37H36N4O6/c1-2-21-46-31-18-16-24-9-3-5-13-28(24)34(31)35-29-14-6-4-10-25(29)17-19-32(35)47-23-33(42)40-30(15-8-20-38)37(44)39-27-12-7-11-26(22-27)36(43)41-45/h2-7,9-14,16-19,22,30,45H,1,8,15,20-21,23,38H2,(H,39,44)(H,40,42)(H,41,43)/t30-/m1/s1. The van der Waals surface area contributed by atoms with E-state index in [0.29, 0.717) is 36.8 Å². The predicted molar refractivity (Wildman–Crippen MR) is 183 cm³/mol. The number of fused-ring (bicyclic) bond motifs is 2. The van der Waals surface area contributed by atoms with E-state index in [4.69, 9.17) is 20.4 Å². The molecule has 5 rings (SSSR count). The van der Waals surface area contributed by atoms with Crippen LogP contribution in [0.3, 0.4) is 0 Å².